The van der Waals surface area contributed by atoms with E-state index in [1.165, 1.54) is 0 Å². The molecule has 21 heavy (non-hydrogen) atoms. The molecule has 0 fully saturated rings. The summed E-state index contributed by atoms with van der Waals surface area (Å²) in [5, 5.41) is 3.92. The maximum absolute atomic E-state index is 6.05. The molecule has 0 radical (unpaired) electrons. The molecule has 4 nitrogen and oxygen atoms in total. The van der Waals surface area contributed by atoms with Crippen molar-refractivity contribution < 1.29 is 9.47 Å². The molecule has 0 saturated heterocycles. The van der Waals surface area contributed by atoms with Crippen LogP contribution < -0.4 is 20.5 Å². The molecule has 3 rings (SSSR count). The van der Waals surface area contributed by atoms with E-state index in [4.69, 9.17) is 26.8 Å². The van der Waals surface area contributed by atoms with Gasteiger partial charge < -0.3 is 20.5 Å². The predicted octanol–water partition coefficient (Wildman–Crippen LogP) is 3.44. The van der Waals surface area contributed by atoms with Gasteiger partial charge in [-0.05, 0) is 42.8 Å². The second-order valence-corrected chi connectivity index (χ2v) is 5.26. The van der Waals surface area contributed by atoms with Gasteiger partial charge in [0.15, 0.2) is 0 Å². The molecule has 0 aromatic heterocycles. The molecule has 3 N–H and O–H groups in total. The number of nitrogens with one attached hydrogen (secondary N) is 1. The molecule has 0 unspecified atom stereocenters. The van der Waals surface area contributed by atoms with Crippen LogP contribution in [0.4, 0.5) is 5.69 Å². The van der Waals surface area contributed by atoms with Crippen molar-refractivity contribution in [3.8, 4) is 17.2 Å². The van der Waals surface area contributed by atoms with Crippen LogP contribution in [0.2, 0.25) is 5.02 Å². The Hall–Kier alpha value is -1.91. The fourth-order valence-electron chi connectivity index (χ4n) is 2.29. The Kier molecular flexibility index (Phi) is 4.18. The van der Waals surface area contributed by atoms with Gasteiger partial charge in [0.1, 0.15) is 23.9 Å². The summed E-state index contributed by atoms with van der Waals surface area (Å²) in [6, 6.07) is 11.4. The lowest BCUT2D eigenvalue weighted by Gasteiger charge is -2.20. The molecule has 0 aliphatic carbocycles. The van der Waals surface area contributed by atoms with Crippen molar-refractivity contribution in [3.63, 3.8) is 0 Å². The van der Waals surface area contributed by atoms with Gasteiger partial charge in [0, 0.05) is 17.6 Å². The molecule has 0 amide bonds. The second kappa shape index (κ2) is 6.24. The number of fused-ring (bicyclic) bond motifs is 1. The Labute approximate surface area is 128 Å². The highest BCUT2D eigenvalue weighted by Crippen LogP contribution is 2.35. The van der Waals surface area contributed by atoms with E-state index in [2.05, 4.69) is 5.32 Å². The van der Waals surface area contributed by atoms with E-state index in [1.807, 2.05) is 36.4 Å². The molecule has 0 saturated carbocycles. The maximum Gasteiger partial charge on any atom is 0.146 e. The summed E-state index contributed by atoms with van der Waals surface area (Å²) >= 11 is 6.05. The molecule has 110 valence electrons. The van der Waals surface area contributed by atoms with E-state index in [1.54, 1.807) is 0 Å². The summed E-state index contributed by atoms with van der Waals surface area (Å²) in [6.45, 7) is 2.05. The third-order valence-corrected chi connectivity index (χ3v) is 3.53. The number of hydrogen-bond acceptors (Lipinski definition) is 4. The zero-order chi connectivity index (χ0) is 14.7. The second-order valence-electron chi connectivity index (χ2n) is 4.83. The normalized spacial score (nSPS) is 13.0. The lowest BCUT2D eigenvalue weighted by molar-refractivity contribution is 0.321. The van der Waals surface area contributed by atoms with Crippen LogP contribution in [0, 0.1) is 0 Å². The van der Waals surface area contributed by atoms with Crippen molar-refractivity contribution in [2.24, 2.45) is 5.73 Å². The Morgan fingerprint density at radius 1 is 1.24 bits per heavy atom. The fourth-order valence-corrected chi connectivity index (χ4v) is 2.45. The van der Waals surface area contributed by atoms with Gasteiger partial charge in [-0.1, -0.05) is 17.7 Å². The molecule has 5 heteroatoms. The minimum Gasteiger partial charge on any atom is -0.489 e. The lowest BCUT2D eigenvalue weighted by atomic mass is 10.1. The van der Waals surface area contributed by atoms with Crippen LogP contribution in [0.1, 0.15) is 5.56 Å². The van der Waals surface area contributed by atoms with E-state index < -0.39 is 0 Å². The van der Waals surface area contributed by atoms with E-state index in [0.29, 0.717) is 18.2 Å². The van der Waals surface area contributed by atoms with Crippen molar-refractivity contribution >= 4 is 17.3 Å². The van der Waals surface area contributed by atoms with Crippen LogP contribution in [0.3, 0.4) is 0 Å². The molecule has 1 aliphatic rings. The SMILES string of the molecule is NCCc1ccc(Cl)cc1Oc1ccc2c(c1)OCCN2. The van der Waals surface area contributed by atoms with Crippen LogP contribution in [0.15, 0.2) is 36.4 Å². The van der Waals surface area contributed by atoms with Gasteiger partial charge in [-0.25, -0.2) is 0 Å². The Balaban J connectivity index is 1.87. The molecule has 1 heterocycles. The van der Waals surface area contributed by atoms with Crippen molar-refractivity contribution in [2.45, 2.75) is 6.42 Å². The van der Waals surface area contributed by atoms with Gasteiger partial charge in [-0.3, -0.25) is 0 Å². The molecule has 0 atom stereocenters. The number of hydrogen-bond donors (Lipinski definition) is 2. The smallest absolute Gasteiger partial charge is 0.146 e. The monoisotopic (exact) mass is 304 g/mol. The highest BCUT2D eigenvalue weighted by molar-refractivity contribution is 6.30. The Morgan fingerprint density at radius 2 is 2.14 bits per heavy atom. The van der Waals surface area contributed by atoms with Gasteiger partial charge in [0.25, 0.3) is 0 Å². The van der Waals surface area contributed by atoms with E-state index in [9.17, 15) is 0 Å². The fraction of sp³-hybridized carbons (Fsp3) is 0.250. The summed E-state index contributed by atoms with van der Waals surface area (Å²) in [7, 11) is 0. The third kappa shape index (κ3) is 3.23. The van der Waals surface area contributed by atoms with Crippen LogP contribution in [0.25, 0.3) is 0 Å². The van der Waals surface area contributed by atoms with Crippen LogP contribution in [-0.4, -0.2) is 19.7 Å². The number of halogens is 1. The Morgan fingerprint density at radius 3 is 3.00 bits per heavy atom. The largest absolute Gasteiger partial charge is 0.489 e. The number of rotatable bonds is 4. The summed E-state index contributed by atoms with van der Waals surface area (Å²) in [6.07, 6.45) is 0.746. The van der Waals surface area contributed by atoms with Crippen molar-refractivity contribution in [1.29, 1.82) is 0 Å². The lowest BCUT2D eigenvalue weighted by Crippen LogP contribution is -2.17. The minimum absolute atomic E-state index is 0.565. The maximum atomic E-state index is 6.05. The molecular weight excluding hydrogens is 288 g/mol. The zero-order valence-electron chi connectivity index (χ0n) is 11.6. The minimum atomic E-state index is 0.565. The summed E-state index contributed by atoms with van der Waals surface area (Å²) in [5.74, 6) is 2.26. The van der Waals surface area contributed by atoms with Crippen LogP contribution in [0.5, 0.6) is 17.2 Å². The van der Waals surface area contributed by atoms with E-state index >= 15 is 0 Å². The first-order valence-electron chi connectivity index (χ1n) is 6.93. The molecule has 1 aliphatic heterocycles. The zero-order valence-corrected chi connectivity index (χ0v) is 12.3. The van der Waals surface area contributed by atoms with Crippen molar-refractivity contribution in [3.05, 3.63) is 47.0 Å². The van der Waals surface area contributed by atoms with E-state index in [0.717, 1.165) is 41.5 Å². The average Bonchev–Trinajstić information content (AvgIpc) is 2.50. The molecule has 0 bridgehead atoms. The quantitative estimate of drug-likeness (QED) is 0.908. The van der Waals surface area contributed by atoms with Gasteiger partial charge in [-0.2, -0.15) is 0 Å². The van der Waals surface area contributed by atoms with E-state index in [-0.39, 0.29) is 0 Å². The van der Waals surface area contributed by atoms with Gasteiger partial charge in [0.05, 0.1) is 5.69 Å². The summed E-state index contributed by atoms with van der Waals surface area (Å²) in [4.78, 5) is 0. The topological polar surface area (TPSA) is 56.5 Å². The first-order valence-corrected chi connectivity index (χ1v) is 7.31. The van der Waals surface area contributed by atoms with Gasteiger partial charge >= 0.3 is 0 Å². The third-order valence-electron chi connectivity index (χ3n) is 3.30. The molecule has 2 aromatic carbocycles. The highest BCUT2D eigenvalue weighted by atomic mass is 35.5. The first-order chi connectivity index (χ1) is 10.3. The van der Waals surface area contributed by atoms with Gasteiger partial charge in [-0.15, -0.1) is 0 Å². The Bertz CT molecular complexity index is 646. The van der Waals surface area contributed by atoms with Crippen LogP contribution in [-0.2, 0) is 6.42 Å². The number of anilines is 1. The predicted molar refractivity (Wildman–Crippen MR) is 84.7 cm³/mol. The average molecular weight is 305 g/mol. The first kappa shape index (κ1) is 14.0. The number of nitrogens with two attached hydrogens (primary N) is 1. The standard InChI is InChI=1S/C16H17ClN2O2/c17-12-2-1-11(5-6-18)15(9-12)21-13-3-4-14-16(10-13)20-8-7-19-14/h1-4,9-10,19H,5-8,18H2. The summed E-state index contributed by atoms with van der Waals surface area (Å²) in [5.41, 5.74) is 7.66. The molecule has 2 aromatic rings. The van der Waals surface area contributed by atoms with Gasteiger partial charge in [0.2, 0.25) is 0 Å². The van der Waals surface area contributed by atoms with Crippen molar-refractivity contribution in [1.82, 2.24) is 0 Å². The highest BCUT2D eigenvalue weighted by Gasteiger charge is 2.12. The number of benzene rings is 2. The summed E-state index contributed by atoms with van der Waals surface area (Å²) < 4.78 is 11.6. The van der Waals surface area contributed by atoms with Crippen molar-refractivity contribution in [2.75, 3.05) is 25.0 Å². The molecule has 0 spiro atoms. The molecular formula is C16H17ClN2O2. The number of ether oxygens (including phenoxy) is 2. The van der Waals surface area contributed by atoms with Crippen LogP contribution >= 0.6 is 11.6 Å².